The zero-order valence-electron chi connectivity index (χ0n) is 7.82. The molecule has 86 valence electrons. The van der Waals surface area contributed by atoms with Crippen LogP contribution in [-0.4, -0.2) is 37.3 Å². The van der Waals surface area contributed by atoms with Crippen molar-refractivity contribution in [3.8, 4) is 0 Å². The van der Waals surface area contributed by atoms with Gasteiger partial charge in [0.15, 0.2) is 0 Å². The maximum Gasteiger partial charge on any atom is 0.264 e. The molecule has 0 aliphatic carbocycles. The monoisotopic (exact) mass is 290 g/mol. The lowest BCUT2D eigenvalue weighted by Gasteiger charge is -2.02. The SMILES string of the molecule is O=S(=O)(O)CCCOOCCCCBr. The predicted octanol–water partition coefficient (Wildman–Crippen LogP) is 1.39. The molecule has 7 heteroatoms. The van der Waals surface area contributed by atoms with Gasteiger partial charge in [-0.05, 0) is 19.3 Å². The second-order valence-corrected chi connectivity index (χ2v) is 5.04. The molecule has 0 spiro atoms. The fourth-order valence-electron chi connectivity index (χ4n) is 0.674. The smallest absolute Gasteiger partial charge is 0.264 e. The largest absolute Gasteiger partial charge is 0.286 e. The Morgan fingerprint density at radius 2 is 1.64 bits per heavy atom. The van der Waals surface area contributed by atoms with E-state index in [1.807, 2.05) is 0 Å². The maximum atomic E-state index is 10.3. The molecular weight excluding hydrogens is 276 g/mol. The molecule has 0 fully saturated rings. The predicted molar refractivity (Wildman–Crippen MR) is 56.0 cm³/mol. The van der Waals surface area contributed by atoms with Crippen LogP contribution in [0.1, 0.15) is 19.3 Å². The number of alkyl halides is 1. The van der Waals surface area contributed by atoms with E-state index in [9.17, 15) is 8.42 Å². The fraction of sp³-hybridized carbons (Fsp3) is 1.00. The van der Waals surface area contributed by atoms with Gasteiger partial charge in [0.05, 0.1) is 19.0 Å². The van der Waals surface area contributed by atoms with Gasteiger partial charge in [-0.15, -0.1) is 0 Å². The van der Waals surface area contributed by atoms with Crippen molar-refractivity contribution in [3.05, 3.63) is 0 Å². The molecule has 0 aromatic heterocycles. The molecule has 0 aliphatic rings. The minimum Gasteiger partial charge on any atom is -0.286 e. The van der Waals surface area contributed by atoms with Gasteiger partial charge in [-0.2, -0.15) is 8.42 Å². The van der Waals surface area contributed by atoms with Gasteiger partial charge in [-0.1, -0.05) is 15.9 Å². The highest BCUT2D eigenvalue weighted by Crippen LogP contribution is 1.95. The molecule has 1 N–H and O–H groups in total. The van der Waals surface area contributed by atoms with E-state index in [0.29, 0.717) is 6.61 Å². The summed E-state index contributed by atoms with van der Waals surface area (Å²) in [5.74, 6) is -0.294. The first-order valence-corrected chi connectivity index (χ1v) is 7.05. The second-order valence-electron chi connectivity index (χ2n) is 2.68. The molecule has 0 amide bonds. The first-order chi connectivity index (χ1) is 6.56. The molecule has 0 unspecified atom stereocenters. The van der Waals surface area contributed by atoms with Crippen LogP contribution in [0, 0.1) is 0 Å². The third-order valence-corrected chi connectivity index (χ3v) is 2.69. The van der Waals surface area contributed by atoms with Crippen LogP contribution in [0.4, 0.5) is 0 Å². The van der Waals surface area contributed by atoms with E-state index in [-0.39, 0.29) is 18.8 Å². The minimum atomic E-state index is -3.87. The van der Waals surface area contributed by atoms with Crippen LogP contribution in [0.5, 0.6) is 0 Å². The normalized spacial score (nSPS) is 11.9. The van der Waals surface area contributed by atoms with Crippen LogP contribution < -0.4 is 0 Å². The van der Waals surface area contributed by atoms with Crippen LogP contribution in [0.15, 0.2) is 0 Å². The zero-order chi connectivity index (χ0) is 10.9. The number of rotatable bonds is 9. The molecule has 0 saturated carbocycles. The third kappa shape index (κ3) is 12.3. The summed E-state index contributed by atoms with van der Waals surface area (Å²) in [6.45, 7) is 0.672. The first-order valence-electron chi connectivity index (χ1n) is 4.32. The molecule has 0 bridgehead atoms. The summed E-state index contributed by atoms with van der Waals surface area (Å²) in [5.41, 5.74) is 0. The van der Waals surface area contributed by atoms with E-state index in [4.69, 9.17) is 9.44 Å². The summed E-state index contributed by atoms with van der Waals surface area (Å²) < 4.78 is 28.9. The maximum absolute atomic E-state index is 10.3. The Bertz CT molecular complexity index is 216. The van der Waals surface area contributed by atoms with Gasteiger partial charge in [-0.3, -0.25) is 4.55 Å². The lowest BCUT2D eigenvalue weighted by Crippen LogP contribution is -2.07. The quantitative estimate of drug-likeness (QED) is 0.228. The van der Waals surface area contributed by atoms with Gasteiger partial charge in [0.1, 0.15) is 0 Å². The topological polar surface area (TPSA) is 72.8 Å². The molecule has 0 rings (SSSR count). The van der Waals surface area contributed by atoms with E-state index in [2.05, 4.69) is 20.8 Å². The van der Waals surface area contributed by atoms with Gasteiger partial charge in [-0.25, -0.2) is 9.78 Å². The van der Waals surface area contributed by atoms with Crippen molar-refractivity contribution in [2.24, 2.45) is 0 Å². The average molecular weight is 291 g/mol. The molecule has 5 nitrogen and oxygen atoms in total. The van der Waals surface area contributed by atoms with Gasteiger partial charge >= 0.3 is 0 Å². The molecule has 0 saturated heterocycles. The molecular formula is C7H15BrO5S. The Balaban J connectivity index is 3.07. The summed E-state index contributed by atoms with van der Waals surface area (Å²) in [5, 5.41) is 0.930. The Morgan fingerprint density at radius 3 is 2.14 bits per heavy atom. The Labute approximate surface area is 92.6 Å². The summed E-state index contributed by atoms with van der Waals surface area (Å²) in [7, 11) is -3.87. The Morgan fingerprint density at radius 1 is 1.07 bits per heavy atom. The van der Waals surface area contributed by atoms with E-state index in [0.717, 1.165) is 18.2 Å². The van der Waals surface area contributed by atoms with Crippen LogP contribution in [0.2, 0.25) is 0 Å². The van der Waals surface area contributed by atoms with E-state index in [1.54, 1.807) is 0 Å². The first kappa shape index (κ1) is 14.3. The molecule has 0 aromatic rings. The highest BCUT2D eigenvalue weighted by Gasteiger charge is 2.03. The molecule has 0 aliphatic heterocycles. The highest BCUT2D eigenvalue weighted by atomic mass is 79.9. The Hall–Kier alpha value is 0.310. The minimum absolute atomic E-state index is 0.175. The lowest BCUT2D eigenvalue weighted by atomic mass is 10.4. The van der Waals surface area contributed by atoms with Crippen molar-refractivity contribution in [2.45, 2.75) is 19.3 Å². The van der Waals surface area contributed by atoms with Gasteiger partial charge in [0.2, 0.25) is 0 Å². The van der Waals surface area contributed by atoms with Crippen molar-refractivity contribution in [3.63, 3.8) is 0 Å². The van der Waals surface area contributed by atoms with Crippen molar-refractivity contribution >= 4 is 26.0 Å². The van der Waals surface area contributed by atoms with Gasteiger partial charge in [0.25, 0.3) is 10.1 Å². The highest BCUT2D eigenvalue weighted by molar-refractivity contribution is 9.09. The molecule has 0 atom stereocenters. The average Bonchev–Trinajstić information content (AvgIpc) is 2.08. The van der Waals surface area contributed by atoms with Crippen molar-refractivity contribution in [1.82, 2.24) is 0 Å². The van der Waals surface area contributed by atoms with Crippen LogP contribution >= 0.6 is 15.9 Å². The summed E-state index contributed by atoms with van der Waals surface area (Å²) >= 11 is 3.27. The number of halogens is 1. The standard InChI is InChI=1S/C7H15BrO5S/c8-4-1-2-5-12-13-6-3-7-14(9,10)11/h1-7H2,(H,9,10,11). The van der Waals surface area contributed by atoms with Crippen molar-refractivity contribution in [1.29, 1.82) is 0 Å². The number of hydrogen-bond donors (Lipinski definition) is 1. The van der Waals surface area contributed by atoms with Gasteiger partial charge in [0, 0.05) is 5.33 Å². The zero-order valence-corrected chi connectivity index (χ0v) is 10.2. The number of hydrogen-bond acceptors (Lipinski definition) is 4. The van der Waals surface area contributed by atoms with E-state index < -0.39 is 10.1 Å². The van der Waals surface area contributed by atoms with Crippen LogP contribution in [-0.2, 0) is 19.9 Å². The Kier molecular flexibility index (Phi) is 8.80. The van der Waals surface area contributed by atoms with E-state index in [1.165, 1.54) is 0 Å². The third-order valence-electron chi connectivity index (χ3n) is 1.32. The van der Waals surface area contributed by atoms with Crippen LogP contribution in [0.3, 0.4) is 0 Å². The van der Waals surface area contributed by atoms with Crippen molar-refractivity contribution in [2.75, 3.05) is 24.3 Å². The fourth-order valence-corrected chi connectivity index (χ4v) is 1.55. The molecule has 14 heavy (non-hydrogen) atoms. The molecule has 0 radical (unpaired) electrons. The second kappa shape index (κ2) is 8.60. The number of unbranched alkanes of at least 4 members (excludes halogenated alkanes) is 1. The van der Waals surface area contributed by atoms with Crippen molar-refractivity contribution < 1.29 is 22.7 Å². The summed E-state index contributed by atoms with van der Waals surface area (Å²) in [6, 6.07) is 0. The van der Waals surface area contributed by atoms with E-state index >= 15 is 0 Å². The summed E-state index contributed by atoms with van der Waals surface area (Å²) in [4.78, 5) is 9.44. The lowest BCUT2D eigenvalue weighted by molar-refractivity contribution is -0.294. The van der Waals surface area contributed by atoms with Crippen LogP contribution in [0.25, 0.3) is 0 Å². The summed E-state index contributed by atoms with van der Waals surface area (Å²) in [6.07, 6.45) is 2.13. The molecule has 0 heterocycles. The molecule has 0 aromatic carbocycles. The van der Waals surface area contributed by atoms with Gasteiger partial charge < -0.3 is 0 Å².